The van der Waals surface area contributed by atoms with Gasteiger partial charge >= 0.3 is 0 Å². The summed E-state index contributed by atoms with van der Waals surface area (Å²) in [6.45, 7) is 4.70. The lowest BCUT2D eigenvalue weighted by atomic mass is 10.1. The van der Waals surface area contributed by atoms with Crippen LogP contribution in [0.1, 0.15) is 24.5 Å². The fourth-order valence-corrected chi connectivity index (χ4v) is 5.31. The Hall–Kier alpha value is -0.770. The summed E-state index contributed by atoms with van der Waals surface area (Å²) in [4.78, 5) is 2.71. The topological polar surface area (TPSA) is 3.24 Å². The van der Waals surface area contributed by atoms with Crippen LogP contribution in [0.5, 0.6) is 0 Å². The molecule has 0 bridgehead atoms. The van der Waals surface area contributed by atoms with Gasteiger partial charge in [0.05, 0.1) is 4.21 Å². The van der Waals surface area contributed by atoms with E-state index in [1.807, 2.05) is 11.3 Å². The van der Waals surface area contributed by atoms with Crippen molar-refractivity contribution in [2.45, 2.75) is 36.4 Å². The van der Waals surface area contributed by atoms with Crippen LogP contribution in [-0.2, 0) is 12.8 Å². The Labute approximate surface area is 136 Å². The third kappa shape index (κ3) is 3.91. The van der Waals surface area contributed by atoms with Crippen LogP contribution in [0.15, 0.2) is 46.0 Å². The van der Waals surface area contributed by atoms with Crippen molar-refractivity contribution in [1.29, 1.82) is 0 Å². The summed E-state index contributed by atoms with van der Waals surface area (Å²) in [7, 11) is 0. The van der Waals surface area contributed by atoms with E-state index in [1.54, 1.807) is 9.77 Å². The fraction of sp³-hybridized carbons (Fsp3) is 0.444. The summed E-state index contributed by atoms with van der Waals surface area (Å²) >= 11 is 3.96. The summed E-state index contributed by atoms with van der Waals surface area (Å²) in [6, 6.07) is 13.9. The molecule has 1 atom stereocenters. The number of rotatable bonds is 6. The number of nitrogens with zero attached hydrogens (tertiary/aromatic N) is 1. The first-order valence-electron chi connectivity index (χ1n) is 7.84. The van der Waals surface area contributed by atoms with Crippen molar-refractivity contribution in [1.82, 2.24) is 4.90 Å². The number of hydrogen-bond acceptors (Lipinski definition) is 3. The molecule has 3 rings (SSSR count). The Morgan fingerprint density at radius 2 is 2.00 bits per heavy atom. The fourth-order valence-electron chi connectivity index (χ4n) is 3.00. The molecular formula is C18H23NS2. The molecule has 1 unspecified atom stereocenters. The molecule has 0 fully saturated rings. The van der Waals surface area contributed by atoms with Gasteiger partial charge in [-0.25, -0.2) is 0 Å². The molecule has 1 aromatic carbocycles. The third-order valence-corrected chi connectivity index (χ3v) is 6.59. The summed E-state index contributed by atoms with van der Waals surface area (Å²) in [5.74, 6) is 1.25. The number of benzene rings is 1. The molecule has 1 nitrogen and oxygen atoms in total. The maximum atomic E-state index is 2.71. The first-order chi connectivity index (χ1) is 10.4. The van der Waals surface area contributed by atoms with Gasteiger partial charge in [-0.3, -0.25) is 4.90 Å². The molecule has 2 heterocycles. The van der Waals surface area contributed by atoms with Gasteiger partial charge in [-0.15, -0.1) is 23.1 Å². The Kier molecular flexibility index (Phi) is 5.39. The molecule has 112 valence electrons. The number of fused-ring (bicyclic) bond motifs is 1. The molecule has 0 saturated carbocycles. The van der Waals surface area contributed by atoms with Gasteiger partial charge in [0.15, 0.2) is 0 Å². The first-order valence-corrected chi connectivity index (χ1v) is 9.70. The molecule has 0 N–H and O–H groups in total. The minimum absolute atomic E-state index is 0.709. The number of hydrogen-bond donors (Lipinski definition) is 0. The maximum Gasteiger partial charge on any atom is 0.0631 e. The number of thioether (sulfide) groups is 1. The van der Waals surface area contributed by atoms with E-state index in [0.717, 1.165) is 0 Å². The molecule has 3 heteroatoms. The van der Waals surface area contributed by atoms with Crippen LogP contribution in [0.25, 0.3) is 0 Å². The van der Waals surface area contributed by atoms with Crippen molar-refractivity contribution >= 4 is 23.1 Å². The van der Waals surface area contributed by atoms with Crippen molar-refractivity contribution in [3.8, 4) is 0 Å². The largest absolute Gasteiger partial charge is 0.299 e. The molecule has 1 aromatic heterocycles. The molecule has 0 aliphatic carbocycles. The molecule has 1 aliphatic heterocycles. The van der Waals surface area contributed by atoms with Crippen molar-refractivity contribution in [2.75, 3.05) is 18.8 Å². The summed E-state index contributed by atoms with van der Waals surface area (Å²) < 4.78 is 1.55. The highest BCUT2D eigenvalue weighted by Crippen LogP contribution is 2.36. The highest BCUT2D eigenvalue weighted by Gasteiger charge is 2.24. The van der Waals surface area contributed by atoms with E-state index in [4.69, 9.17) is 0 Å². The van der Waals surface area contributed by atoms with Crippen LogP contribution >= 0.6 is 23.1 Å². The zero-order chi connectivity index (χ0) is 14.5. The maximum absolute atomic E-state index is 2.71. The average molecular weight is 318 g/mol. The lowest BCUT2D eigenvalue weighted by Crippen LogP contribution is -2.41. The van der Waals surface area contributed by atoms with Crippen LogP contribution in [0.4, 0.5) is 0 Å². The monoisotopic (exact) mass is 317 g/mol. The first kappa shape index (κ1) is 15.1. The summed E-state index contributed by atoms with van der Waals surface area (Å²) in [5.41, 5.74) is 3.03. The van der Waals surface area contributed by atoms with Gasteiger partial charge in [0.1, 0.15) is 0 Å². The Balaban J connectivity index is 1.62. The van der Waals surface area contributed by atoms with E-state index in [9.17, 15) is 0 Å². The summed E-state index contributed by atoms with van der Waals surface area (Å²) in [5, 5.41) is 2.24. The predicted octanol–water partition coefficient (Wildman–Crippen LogP) is 4.72. The average Bonchev–Trinajstić information content (AvgIpc) is 3.00. The zero-order valence-corrected chi connectivity index (χ0v) is 14.3. The molecule has 0 saturated heterocycles. The Bertz CT molecular complexity index is 549. The van der Waals surface area contributed by atoms with Gasteiger partial charge in [-0.05, 0) is 48.4 Å². The minimum atomic E-state index is 0.709. The molecule has 0 spiro atoms. The smallest absolute Gasteiger partial charge is 0.0631 e. The van der Waals surface area contributed by atoms with Crippen molar-refractivity contribution < 1.29 is 0 Å². The van der Waals surface area contributed by atoms with Crippen molar-refractivity contribution in [2.24, 2.45) is 0 Å². The second kappa shape index (κ2) is 7.48. The van der Waals surface area contributed by atoms with E-state index in [0.29, 0.717) is 6.04 Å². The second-order valence-electron chi connectivity index (χ2n) is 5.67. The standard InChI is InChI=1S/C18H23NS2/c1-2-10-19(11-8-15-6-4-3-5-7-15)17-13-16-9-12-20-18(16)21-14-17/h3-7,9,12,17H,2,8,10-11,13-14H2,1H3. The SMILES string of the molecule is CCCN(CCc1ccccc1)C1CSc2sccc2C1. The van der Waals surface area contributed by atoms with Crippen LogP contribution in [-0.4, -0.2) is 29.8 Å². The van der Waals surface area contributed by atoms with Crippen LogP contribution < -0.4 is 0 Å². The zero-order valence-electron chi connectivity index (χ0n) is 12.6. The molecular weight excluding hydrogens is 294 g/mol. The number of thiophene rings is 1. The van der Waals surface area contributed by atoms with Crippen molar-refractivity contribution in [3.05, 3.63) is 52.9 Å². The Morgan fingerprint density at radius 1 is 1.14 bits per heavy atom. The van der Waals surface area contributed by atoms with E-state index in [2.05, 4.69) is 65.4 Å². The van der Waals surface area contributed by atoms with E-state index in [1.165, 1.54) is 43.7 Å². The molecule has 0 radical (unpaired) electrons. The highest BCUT2D eigenvalue weighted by molar-refractivity contribution is 8.01. The lowest BCUT2D eigenvalue weighted by Gasteiger charge is -2.34. The molecule has 2 aromatic rings. The third-order valence-electron chi connectivity index (χ3n) is 4.13. The molecule has 1 aliphatic rings. The van der Waals surface area contributed by atoms with Crippen molar-refractivity contribution in [3.63, 3.8) is 0 Å². The van der Waals surface area contributed by atoms with Gasteiger partial charge in [0.2, 0.25) is 0 Å². The van der Waals surface area contributed by atoms with Gasteiger partial charge < -0.3 is 0 Å². The second-order valence-corrected chi connectivity index (χ2v) is 7.88. The van der Waals surface area contributed by atoms with Crippen LogP contribution in [0.2, 0.25) is 0 Å². The predicted molar refractivity (Wildman–Crippen MR) is 94.5 cm³/mol. The van der Waals surface area contributed by atoms with E-state index in [-0.39, 0.29) is 0 Å². The normalized spacial score (nSPS) is 17.9. The van der Waals surface area contributed by atoms with Crippen LogP contribution in [0.3, 0.4) is 0 Å². The molecule has 21 heavy (non-hydrogen) atoms. The quantitative estimate of drug-likeness (QED) is 0.758. The van der Waals surface area contributed by atoms with Gasteiger partial charge in [-0.2, -0.15) is 0 Å². The minimum Gasteiger partial charge on any atom is -0.299 e. The highest BCUT2D eigenvalue weighted by atomic mass is 32.2. The Morgan fingerprint density at radius 3 is 2.81 bits per heavy atom. The molecule has 0 amide bonds. The van der Waals surface area contributed by atoms with Gasteiger partial charge in [-0.1, -0.05) is 37.3 Å². The summed E-state index contributed by atoms with van der Waals surface area (Å²) in [6.07, 6.45) is 3.64. The lowest BCUT2D eigenvalue weighted by molar-refractivity contribution is 0.212. The van der Waals surface area contributed by atoms with E-state index < -0.39 is 0 Å². The van der Waals surface area contributed by atoms with E-state index >= 15 is 0 Å². The van der Waals surface area contributed by atoms with Gasteiger partial charge in [0.25, 0.3) is 0 Å². The van der Waals surface area contributed by atoms with Crippen LogP contribution in [0, 0.1) is 0 Å². The van der Waals surface area contributed by atoms with Gasteiger partial charge in [0, 0.05) is 18.3 Å².